The molecule has 7 heteroatoms. The molecule has 0 bridgehead atoms. The van der Waals surface area contributed by atoms with Crippen molar-refractivity contribution in [2.45, 2.75) is 12.7 Å². The first-order valence-corrected chi connectivity index (χ1v) is 5.68. The molecule has 0 saturated heterocycles. The third-order valence-corrected chi connectivity index (χ3v) is 3.51. The van der Waals surface area contributed by atoms with Gasteiger partial charge in [0.1, 0.15) is 0 Å². The van der Waals surface area contributed by atoms with Gasteiger partial charge in [0.15, 0.2) is 0 Å². The highest BCUT2D eigenvalue weighted by Crippen LogP contribution is 2.39. The fraction of sp³-hybridized carbons (Fsp3) is 0.182. The minimum absolute atomic E-state index is 0.0162. The van der Waals surface area contributed by atoms with Gasteiger partial charge in [-0.25, -0.2) is 4.79 Å². The Morgan fingerprint density at radius 1 is 1.44 bits per heavy atom. The number of allylic oxidation sites excluding steroid dienone is 2. The predicted molar refractivity (Wildman–Crippen MR) is 66.3 cm³/mol. The normalized spacial score (nSPS) is 22.6. The summed E-state index contributed by atoms with van der Waals surface area (Å²) in [5.74, 6) is -4.03. The number of carboxylic acids is 1. The monoisotopic (exact) mass is 289 g/mol. The van der Waals surface area contributed by atoms with E-state index in [1.165, 1.54) is 12.2 Å². The molecule has 18 heavy (non-hydrogen) atoms. The predicted octanol–water partition coefficient (Wildman–Crippen LogP) is 2.33. The Bertz CT molecular complexity index is 576. The van der Waals surface area contributed by atoms with Crippen molar-refractivity contribution >= 4 is 34.7 Å². The second-order valence-electron chi connectivity index (χ2n) is 3.73. The molecule has 1 atom stereocenters. The zero-order valence-electron chi connectivity index (χ0n) is 9.20. The van der Waals surface area contributed by atoms with Crippen molar-refractivity contribution in [2.75, 3.05) is 0 Å². The minimum Gasteiger partial charge on any atom is -0.476 e. The number of aliphatic hydroxyl groups is 1. The van der Waals surface area contributed by atoms with Crippen LogP contribution in [0.4, 0.5) is 0 Å². The number of carbonyl (C=O) groups is 1. The molecule has 0 spiro atoms. The van der Waals surface area contributed by atoms with Gasteiger partial charge in [-0.2, -0.15) is 0 Å². The number of nitrogens with one attached hydrogen (secondary N) is 1. The molecule has 1 aromatic heterocycles. The zero-order valence-corrected chi connectivity index (χ0v) is 10.7. The Morgan fingerprint density at radius 2 is 2.11 bits per heavy atom. The molecule has 1 aliphatic heterocycles. The number of halogens is 2. The van der Waals surface area contributed by atoms with E-state index in [-0.39, 0.29) is 21.3 Å². The van der Waals surface area contributed by atoms with Gasteiger partial charge in [-0.15, -0.1) is 0 Å². The molecular weight excluding hydrogens is 281 g/mol. The number of hydrogen-bond acceptors (Lipinski definition) is 3. The summed E-state index contributed by atoms with van der Waals surface area (Å²) in [5.41, 5.74) is 0.769. The molecule has 2 heterocycles. The molecule has 0 aliphatic carbocycles. The van der Waals surface area contributed by atoms with E-state index in [1.54, 1.807) is 6.92 Å². The summed E-state index contributed by atoms with van der Waals surface area (Å²) in [4.78, 5) is 13.9. The fourth-order valence-corrected chi connectivity index (χ4v) is 2.06. The molecule has 5 nitrogen and oxygen atoms in total. The van der Waals surface area contributed by atoms with Gasteiger partial charge in [0.25, 0.3) is 0 Å². The summed E-state index contributed by atoms with van der Waals surface area (Å²) in [7, 11) is 0. The smallest absolute Gasteiger partial charge is 0.382 e. The quantitative estimate of drug-likeness (QED) is 0.780. The van der Waals surface area contributed by atoms with Crippen LogP contribution in [0.1, 0.15) is 11.4 Å². The van der Waals surface area contributed by atoms with Crippen molar-refractivity contribution in [3.8, 4) is 0 Å². The van der Waals surface area contributed by atoms with Crippen molar-refractivity contribution in [3.63, 3.8) is 0 Å². The van der Waals surface area contributed by atoms with Crippen molar-refractivity contribution in [1.82, 2.24) is 4.98 Å². The third kappa shape index (κ3) is 1.80. The molecular formula is C11H9Cl2NO4. The summed E-state index contributed by atoms with van der Waals surface area (Å²) in [6.07, 6.45) is 3.93. The molecule has 1 unspecified atom stereocenters. The minimum atomic E-state index is -2.49. The Hall–Kier alpha value is -1.43. The Kier molecular flexibility index (Phi) is 3.14. The van der Waals surface area contributed by atoms with Crippen LogP contribution in [0.25, 0.3) is 5.57 Å². The van der Waals surface area contributed by atoms with Crippen molar-refractivity contribution in [3.05, 3.63) is 39.8 Å². The lowest BCUT2D eigenvalue weighted by molar-refractivity contribution is -0.186. The van der Waals surface area contributed by atoms with E-state index in [0.29, 0.717) is 5.69 Å². The lowest BCUT2D eigenvalue weighted by atomic mass is 10.0. The van der Waals surface area contributed by atoms with Crippen LogP contribution in [0, 0.1) is 6.92 Å². The molecule has 0 amide bonds. The standard InChI is InChI=1S/C11H9Cl2NO4/c1-5-7(12)8(13)9(14-5)6-3-2-4-18-11(6,17)10(15)16/h2-4,14,17H,1H3,(H,15,16). The number of aryl methyl sites for hydroxylation is 1. The Morgan fingerprint density at radius 3 is 2.61 bits per heavy atom. The number of rotatable bonds is 2. The van der Waals surface area contributed by atoms with E-state index < -0.39 is 11.8 Å². The number of hydrogen-bond donors (Lipinski definition) is 3. The second-order valence-corrected chi connectivity index (χ2v) is 4.48. The highest BCUT2D eigenvalue weighted by molar-refractivity contribution is 6.43. The lowest BCUT2D eigenvalue weighted by Crippen LogP contribution is -2.42. The van der Waals surface area contributed by atoms with Crippen molar-refractivity contribution < 1.29 is 19.7 Å². The summed E-state index contributed by atoms with van der Waals surface area (Å²) < 4.78 is 4.78. The molecule has 1 aromatic rings. The molecule has 96 valence electrons. The lowest BCUT2D eigenvalue weighted by Gasteiger charge is -2.27. The van der Waals surface area contributed by atoms with Crippen LogP contribution in [0.2, 0.25) is 10.0 Å². The van der Waals surface area contributed by atoms with Crippen LogP contribution < -0.4 is 0 Å². The van der Waals surface area contributed by atoms with Gasteiger partial charge in [-0.3, -0.25) is 0 Å². The molecule has 2 rings (SSSR count). The maximum atomic E-state index is 11.1. The molecule has 0 fully saturated rings. The van der Waals surface area contributed by atoms with E-state index >= 15 is 0 Å². The summed E-state index contributed by atoms with van der Waals surface area (Å²) in [5, 5.41) is 19.5. The average Bonchev–Trinajstić information content (AvgIpc) is 2.57. The van der Waals surface area contributed by atoms with E-state index in [2.05, 4.69) is 4.98 Å². The van der Waals surface area contributed by atoms with Gasteiger partial charge >= 0.3 is 11.8 Å². The first kappa shape index (κ1) is 13.0. The van der Waals surface area contributed by atoms with Crippen molar-refractivity contribution in [2.24, 2.45) is 0 Å². The van der Waals surface area contributed by atoms with E-state index in [4.69, 9.17) is 33.0 Å². The number of ether oxygens (including phenoxy) is 1. The van der Waals surface area contributed by atoms with Gasteiger partial charge in [0, 0.05) is 5.69 Å². The van der Waals surface area contributed by atoms with E-state index in [0.717, 1.165) is 6.26 Å². The van der Waals surface area contributed by atoms with E-state index in [1.807, 2.05) is 0 Å². The molecule has 0 saturated carbocycles. The number of aromatic nitrogens is 1. The van der Waals surface area contributed by atoms with Gasteiger partial charge < -0.3 is 19.9 Å². The largest absolute Gasteiger partial charge is 0.476 e. The van der Waals surface area contributed by atoms with Crippen LogP contribution in [-0.4, -0.2) is 27.0 Å². The van der Waals surface area contributed by atoms with Crippen LogP contribution in [0.15, 0.2) is 18.4 Å². The maximum Gasteiger partial charge on any atom is 0.382 e. The molecule has 1 aliphatic rings. The van der Waals surface area contributed by atoms with Crippen LogP contribution in [0.3, 0.4) is 0 Å². The van der Waals surface area contributed by atoms with Gasteiger partial charge in [-0.05, 0) is 19.1 Å². The number of aliphatic carboxylic acids is 1. The first-order valence-electron chi connectivity index (χ1n) is 4.92. The van der Waals surface area contributed by atoms with Crippen molar-refractivity contribution in [1.29, 1.82) is 0 Å². The topological polar surface area (TPSA) is 82.5 Å². The Labute approximate surface area is 112 Å². The van der Waals surface area contributed by atoms with Crippen LogP contribution in [-0.2, 0) is 9.53 Å². The summed E-state index contributed by atoms with van der Waals surface area (Å²) >= 11 is 11.9. The highest BCUT2D eigenvalue weighted by atomic mass is 35.5. The SMILES string of the molecule is Cc1[nH]c(C2=CC=COC2(O)C(=O)O)c(Cl)c1Cl. The first-order chi connectivity index (χ1) is 8.38. The zero-order chi connectivity index (χ0) is 13.5. The Balaban J connectivity index is 2.60. The second kappa shape index (κ2) is 4.35. The highest BCUT2D eigenvalue weighted by Gasteiger charge is 2.45. The molecule has 0 radical (unpaired) electrons. The van der Waals surface area contributed by atoms with Gasteiger partial charge in [-0.1, -0.05) is 23.2 Å². The van der Waals surface area contributed by atoms with Crippen LogP contribution >= 0.6 is 23.2 Å². The summed E-state index contributed by atoms with van der Waals surface area (Å²) in [6.45, 7) is 1.68. The molecule has 0 aromatic carbocycles. The molecule has 3 N–H and O–H groups in total. The third-order valence-electron chi connectivity index (χ3n) is 2.56. The van der Waals surface area contributed by atoms with E-state index in [9.17, 15) is 9.90 Å². The fourth-order valence-electron chi connectivity index (χ4n) is 1.63. The van der Waals surface area contributed by atoms with Gasteiger partial charge in [0.05, 0.1) is 27.6 Å². The maximum absolute atomic E-state index is 11.1. The average molecular weight is 290 g/mol. The number of carboxylic acid groups (broad SMARTS) is 1. The number of H-pyrrole nitrogens is 1. The van der Waals surface area contributed by atoms with Gasteiger partial charge in [0.2, 0.25) is 0 Å². The summed E-state index contributed by atoms with van der Waals surface area (Å²) in [6, 6.07) is 0. The number of aromatic amines is 1. The van der Waals surface area contributed by atoms with Crippen LogP contribution in [0.5, 0.6) is 0 Å².